The molecule has 0 radical (unpaired) electrons. The average Bonchev–Trinajstić information content (AvgIpc) is 3.06. The SMILES string of the molecule is CCCCCCCc1cn2cc(C3=CC=CCC3)nc2s1. The molecule has 0 saturated heterocycles. The Morgan fingerprint density at radius 1 is 1.19 bits per heavy atom. The standard InChI is InChI=1S/C18H24N2S/c1-2-3-4-5-9-12-16-13-20-14-17(19-18(20)21-16)15-10-7-6-8-11-15/h6-7,10,13-14H,2-5,8-9,11-12H2,1H3. The van der Waals surface area contributed by atoms with E-state index in [1.54, 1.807) is 0 Å². The van der Waals surface area contributed by atoms with Crippen molar-refractivity contribution >= 4 is 21.9 Å². The third-order valence-electron chi connectivity index (χ3n) is 4.07. The quantitative estimate of drug-likeness (QED) is 0.605. The summed E-state index contributed by atoms with van der Waals surface area (Å²) in [6.07, 6.45) is 21.2. The van der Waals surface area contributed by atoms with Gasteiger partial charge in [0.25, 0.3) is 0 Å². The highest BCUT2D eigenvalue weighted by atomic mass is 32.1. The molecule has 2 nitrogen and oxygen atoms in total. The monoisotopic (exact) mass is 300 g/mol. The average molecular weight is 300 g/mol. The molecule has 0 aliphatic heterocycles. The molecule has 0 unspecified atom stereocenters. The molecule has 0 N–H and O–H groups in total. The summed E-state index contributed by atoms with van der Waals surface area (Å²) >= 11 is 1.85. The highest BCUT2D eigenvalue weighted by Crippen LogP contribution is 2.26. The third-order valence-corrected chi connectivity index (χ3v) is 5.13. The van der Waals surface area contributed by atoms with Gasteiger partial charge in [0.15, 0.2) is 4.96 Å². The summed E-state index contributed by atoms with van der Waals surface area (Å²) in [6.45, 7) is 2.27. The van der Waals surface area contributed by atoms with E-state index < -0.39 is 0 Å². The van der Waals surface area contributed by atoms with Gasteiger partial charge in [0, 0.05) is 17.3 Å². The van der Waals surface area contributed by atoms with Crippen LogP contribution in [0.5, 0.6) is 0 Å². The van der Waals surface area contributed by atoms with E-state index in [0.717, 1.165) is 23.5 Å². The minimum atomic E-state index is 1.12. The van der Waals surface area contributed by atoms with Crippen LogP contribution >= 0.6 is 11.3 Å². The van der Waals surface area contributed by atoms with Crippen LogP contribution in [0.4, 0.5) is 0 Å². The van der Waals surface area contributed by atoms with E-state index in [-0.39, 0.29) is 0 Å². The van der Waals surface area contributed by atoms with Crippen LogP contribution in [0.15, 0.2) is 30.6 Å². The van der Waals surface area contributed by atoms with Crippen LogP contribution in [0.3, 0.4) is 0 Å². The van der Waals surface area contributed by atoms with E-state index in [1.807, 2.05) is 11.3 Å². The molecule has 3 rings (SSSR count). The van der Waals surface area contributed by atoms with Crippen molar-refractivity contribution in [2.75, 3.05) is 0 Å². The molecule has 0 spiro atoms. The van der Waals surface area contributed by atoms with Crippen molar-refractivity contribution in [3.63, 3.8) is 0 Å². The fourth-order valence-electron chi connectivity index (χ4n) is 2.83. The fourth-order valence-corrected chi connectivity index (χ4v) is 3.83. The summed E-state index contributed by atoms with van der Waals surface area (Å²) in [5.74, 6) is 0. The molecule has 0 bridgehead atoms. The molecule has 1 aliphatic carbocycles. The molecule has 2 aromatic rings. The van der Waals surface area contributed by atoms with Gasteiger partial charge in [-0.2, -0.15) is 0 Å². The van der Waals surface area contributed by atoms with Crippen LogP contribution in [0, 0.1) is 0 Å². The molecule has 0 saturated carbocycles. The normalized spacial score (nSPS) is 14.8. The molecule has 3 heteroatoms. The number of aromatic nitrogens is 2. The smallest absolute Gasteiger partial charge is 0.194 e. The van der Waals surface area contributed by atoms with E-state index in [1.165, 1.54) is 49.0 Å². The molecule has 2 aromatic heterocycles. The molecule has 0 amide bonds. The highest BCUT2D eigenvalue weighted by molar-refractivity contribution is 7.17. The Morgan fingerprint density at radius 3 is 2.86 bits per heavy atom. The lowest BCUT2D eigenvalue weighted by Gasteiger charge is -2.04. The topological polar surface area (TPSA) is 17.3 Å². The Balaban J connectivity index is 1.61. The number of hydrogen-bond donors (Lipinski definition) is 0. The largest absolute Gasteiger partial charge is 0.297 e. The van der Waals surface area contributed by atoms with E-state index in [0.29, 0.717) is 0 Å². The van der Waals surface area contributed by atoms with Crippen molar-refractivity contribution in [3.05, 3.63) is 41.2 Å². The van der Waals surface area contributed by atoms with Crippen LogP contribution in [-0.2, 0) is 6.42 Å². The van der Waals surface area contributed by atoms with Crippen molar-refractivity contribution in [2.45, 2.75) is 58.3 Å². The molecule has 1 aliphatic rings. The Kier molecular flexibility index (Phi) is 4.91. The van der Waals surface area contributed by atoms with Gasteiger partial charge in [-0.1, -0.05) is 50.8 Å². The molecule has 0 atom stereocenters. The number of nitrogens with zero attached hydrogens (tertiary/aromatic N) is 2. The highest BCUT2D eigenvalue weighted by Gasteiger charge is 2.10. The lowest BCUT2D eigenvalue weighted by atomic mass is 10.0. The van der Waals surface area contributed by atoms with Crippen molar-refractivity contribution in [1.82, 2.24) is 9.38 Å². The van der Waals surface area contributed by atoms with E-state index in [4.69, 9.17) is 4.98 Å². The summed E-state index contributed by atoms with van der Waals surface area (Å²) < 4.78 is 2.21. The molecule has 21 heavy (non-hydrogen) atoms. The Hall–Kier alpha value is -1.35. The summed E-state index contributed by atoms with van der Waals surface area (Å²) in [7, 11) is 0. The minimum absolute atomic E-state index is 1.12. The zero-order chi connectivity index (χ0) is 14.5. The number of fused-ring (bicyclic) bond motifs is 1. The van der Waals surface area contributed by atoms with Gasteiger partial charge < -0.3 is 0 Å². The van der Waals surface area contributed by atoms with Gasteiger partial charge in [-0.3, -0.25) is 4.40 Å². The first-order chi connectivity index (χ1) is 10.4. The summed E-state index contributed by atoms with van der Waals surface area (Å²) in [5, 5.41) is 0. The number of thiazole rings is 1. The van der Waals surface area contributed by atoms with Crippen LogP contribution in [0.1, 0.15) is 62.4 Å². The Morgan fingerprint density at radius 2 is 2.10 bits per heavy atom. The summed E-state index contributed by atoms with van der Waals surface area (Å²) in [5.41, 5.74) is 2.52. The first-order valence-electron chi connectivity index (χ1n) is 8.20. The van der Waals surface area contributed by atoms with E-state index in [2.05, 4.69) is 41.9 Å². The first kappa shape index (κ1) is 14.6. The zero-order valence-electron chi connectivity index (χ0n) is 12.8. The predicted octanol–water partition coefficient (Wildman–Crippen LogP) is 5.64. The van der Waals surface area contributed by atoms with E-state index >= 15 is 0 Å². The molecular formula is C18H24N2S. The van der Waals surface area contributed by atoms with Crippen molar-refractivity contribution in [2.24, 2.45) is 0 Å². The number of hydrogen-bond acceptors (Lipinski definition) is 2. The number of aryl methyl sites for hydroxylation is 1. The van der Waals surface area contributed by atoms with Gasteiger partial charge >= 0.3 is 0 Å². The van der Waals surface area contributed by atoms with Gasteiger partial charge in [-0.15, -0.1) is 11.3 Å². The maximum absolute atomic E-state index is 4.79. The van der Waals surface area contributed by atoms with Gasteiger partial charge in [0.05, 0.1) is 5.69 Å². The predicted molar refractivity (Wildman–Crippen MR) is 91.9 cm³/mol. The lowest BCUT2D eigenvalue weighted by Crippen LogP contribution is -1.87. The van der Waals surface area contributed by atoms with Gasteiger partial charge in [0.2, 0.25) is 0 Å². The number of imidazole rings is 1. The summed E-state index contributed by atoms with van der Waals surface area (Å²) in [4.78, 5) is 7.41. The van der Waals surface area contributed by atoms with Gasteiger partial charge in [-0.05, 0) is 31.3 Å². The number of unbranched alkanes of at least 4 members (excludes halogenated alkanes) is 4. The maximum atomic E-state index is 4.79. The second-order valence-electron chi connectivity index (χ2n) is 5.84. The van der Waals surface area contributed by atoms with Crippen molar-refractivity contribution < 1.29 is 0 Å². The Labute approximate surface area is 131 Å². The third kappa shape index (κ3) is 3.65. The van der Waals surface area contributed by atoms with Crippen molar-refractivity contribution in [3.8, 4) is 0 Å². The van der Waals surface area contributed by atoms with Crippen LogP contribution in [0.2, 0.25) is 0 Å². The maximum Gasteiger partial charge on any atom is 0.194 e. The lowest BCUT2D eigenvalue weighted by molar-refractivity contribution is 0.634. The van der Waals surface area contributed by atoms with Gasteiger partial charge in [0.1, 0.15) is 0 Å². The van der Waals surface area contributed by atoms with Crippen LogP contribution in [0.25, 0.3) is 10.5 Å². The Bertz CT molecular complexity index is 614. The molecule has 2 heterocycles. The van der Waals surface area contributed by atoms with Crippen LogP contribution in [-0.4, -0.2) is 9.38 Å². The molecule has 112 valence electrons. The van der Waals surface area contributed by atoms with Gasteiger partial charge in [-0.25, -0.2) is 4.98 Å². The summed E-state index contributed by atoms with van der Waals surface area (Å²) in [6, 6.07) is 0. The second-order valence-corrected chi connectivity index (χ2v) is 6.93. The first-order valence-corrected chi connectivity index (χ1v) is 9.02. The number of rotatable bonds is 7. The van der Waals surface area contributed by atoms with Crippen molar-refractivity contribution in [1.29, 1.82) is 0 Å². The van der Waals surface area contributed by atoms with Crippen LogP contribution < -0.4 is 0 Å². The zero-order valence-corrected chi connectivity index (χ0v) is 13.7. The molecule has 0 aromatic carbocycles. The molecule has 0 fully saturated rings. The number of allylic oxidation sites excluding steroid dienone is 4. The van der Waals surface area contributed by atoms with E-state index in [9.17, 15) is 0 Å². The fraction of sp³-hybridized carbons (Fsp3) is 0.500. The second kappa shape index (κ2) is 7.08. The minimum Gasteiger partial charge on any atom is -0.297 e. The molecular weight excluding hydrogens is 276 g/mol.